The van der Waals surface area contributed by atoms with Crippen LogP contribution in [0.1, 0.15) is 31.0 Å². The summed E-state index contributed by atoms with van der Waals surface area (Å²) in [5, 5.41) is 0.526. The molecule has 0 saturated heterocycles. The van der Waals surface area contributed by atoms with E-state index < -0.39 is 0 Å². The lowest BCUT2D eigenvalue weighted by atomic mass is 10.2. The Morgan fingerprint density at radius 3 is 2.64 bits per heavy atom. The van der Waals surface area contributed by atoms with E-state index in [1.807, 2.05) is 51.2 Å². The Balaban J connectivity index is 1.98. The maximum atomic E-state index is 13.2. The predicted molar refractivity (Wildman–Crippen MR) is 114 cm³/mol. The lowest BCUT2D eigenvalue weighted by Crippen LogP contribution is -2.29. The van der Waals surface area contributed by atoms with Crippen LogP contribution < -0.4 is 5.56 Å². The molecule has 1 amide bonds. The van der Waals surface area contributed by atoms with Gasteiger partial charge in [0, 0.05) is 19.3 Å². The highest BCUT2D eigenvalue weighted by molar-refractivity contribution is 7.99. The number of hydrogen-bond acceptors (Lipinski definition) is 4. The van der Waals surface area contributed by atoms with Gasteiger partial charge in [0.05, 0.1) is 17.0 Å². The molecule has 1 aromatic carbocycles. The average Bonchev–Trinajstić information content (AvgIpc) is 3.06. The van der Waals surface area contributed by atoms with Gasteiger partial charge in [0.1, 0.15) is 5.52 Å². The molecule has 0 bridgehead atoms. The van der Waals surface area contributed by atoms with E-state index in [2.05, 4.69) is 16.9 Å². The van der Waals surface area contributed by atoms with Crippen molar-refractivity contribution in [3.8, 4) is 5.69 Å². The Morgan fingerprint density at radius 1 is 1.25 bits per heavy atom. The number of aromatic nitrogens is 3. The van der Waals surface area contributed by atoms with Crippen LogP contribution in [0.3, 0.4) is 0 Å². The minimum Gasteiger partial charge on any atom is -0.353 e. The van der Waals surface area contributed by atoms with Crippen molar-refractivity contribution < 1.29 is 4.79 Å². The lowest BCUT2D eigenvalue weighted by Gasteiger charge is -2.17. The number of hydrogen-bond donors (Lipinski definition) is 1. The van der Waals surface area contributed by atoms with Crippen molar-refractivity contribution in [3.05, 3.63) is 51.9 Å². The van der Waals surface area contributed by atoms with Gasteiger partial charge >= 0.3 is 0 Å². The number of benzene rings is 1. The molecular weight excluding hydrogens is 372 g/mol. The smallest absolute Gasteiger partial charge is 0.283 e. The van der Waals surface area contributed by atoms with Gasteiger partial charge in [0.2, 0.25) is 5.91 Å². The maximum Gasteiger partial charge on any atom is 0.283 e. The van der Waals surface area contributed by atoms with Gasteiger partial charge in [-0.2, -0.15) is 0 Å². The summed E-state index contributed by atoms with van der Waals surface area (Å²) in [7, 11) is 1.82. The molecule has 0 spiro atoms. The van der Waals surface area contributed by atoms with Crippen molar-refractivity contribution in [3.63, 3.8) is 0 Å². The second-order valence-corrected chi connectivity index (χ2v) is 7.98. The molecule has 3 rings (SSSR count). The van der Waals surface area contributed by atoms with E-state index >= 15 is 0 Å². The first-order valence-corrected chi connectivity index (χ1v) is 10.5. The molecule has 7 heteroatoms. The highest BCUT2D eigenvalue weighted by Crippen LogP contribution is 2.22. The zero-order valence-corrected chi connectivity index (χ0v) is 17.6. The lowest BCUT2D eigenvalue weighted by molar-refractivity contribution is -0.127. The van der Waals surface area contributed by atoms with Gasteiger partial charge in [-0.15, -0.1) is 0 Å². The van der Waals surface area contributed by atoms with Crippen molar-refractivity contribution in [1.82, 2.24) is 19.4 Å². The summed E-state index contributed by atoms with van der Waals surface area (Å²) < 4.78 is 1.59. The molecule has 2 heterocycles. The Labute approximate surface area is 169 Å². The van der Waals surface area contributed by atoms with Gasteiger partial charge in [-0.25, -0.2) is 4.98 Å². The fourth-order valence-corrected chi connectivity index (χ4v) is 3.91. The van der Waals surface area contributed by atoms with Gasteiger partial charge in [-0.1, -0.05) is 42.8 Å². The van der Waals surface area contributed by atoms with Crippen LogP contribution in [0.15, 0.2) is 40.3 Å². The van der Waals surface area contributed by atoms with Gasteiger partial charge in [-0.3, -0.25) is 14.2 Å². The van der Waals surface area contributed by atoms with Crippen LogP contribution in [-0.2, 0) is 4.79 Å². The molecule has 0 atom stereocenters. The maximum absolute atomic E-state index is 13.2. The molecule has 0 aliphatic rings. The summed E-state index contributed by atoms with van der Waals surface area (Å²) in [5.41, 5.74) is 3.69. The van der Waals surface area contributed by atoms with Crippen molar-refractivity contribution in [2.45, 2.75) is 38.8 Å². The third kappa shape index (κ3) is 4.30. The molecule has 6 nitrogen and oxygen atoms in total. The quantitative estimate of drug-likeness (QED) is 0.487. The van der Waals surface area contributed by atoms with E-state index in [1.54, 1.807) is 9.47 Å². The van der Waals surface area contributed by atoms with E-state index in [9.17, 15) is 9.59 Å². The first-order valence-electron chi connectivity index (χ1n) is 9.47. The van der Waals surface area contributed by atoms with Crippen LogP contribution in [0.2, 0.25) is 0 Å². The number of carbonyl (C=O) groups is 1. The molecule has 0 fully saturated rings. The number of carbonyl (C=O) groups excluding carboxylic acids is 1. The van der Waals surface area contributed by atoms with Gasteiger partial charge in [0.15, 0.2) is 5.16 Å². The van der Waals surface area contributed by atoms with Crippen molar-refractivity contribution in [1.29, 1.82) is 0 Å². The Morgan fingerprint density at radius 2 is 1.96 bits per heavy atom. The number of aromatic amines is 1. The van der Waals surface area contributed by atoms with E-state index in [0.717, 1.165) is 36.3 Å². The summed E-state index contributed by atoms with van der Waals surface area (Å²) in [6, 6.07) is 9.59. The number of rotatable bonds is 7. The fraction of sp³-hybridized carbons (Fsp3) is 0.381. The fourth-order valence-electron chi connectivity index (χ4n) is 2.95. The largest absolute Gasteiger partial charge is 0.353 e. The number of nitrogens with one attached hydrogen (secondary N) is 1. The molecule has 0 saturated carbocycles. The average molecular weight is 399 g/mol. The van der Waals surface area contributed by atoms with Crippen LogP contribution >= 0.6 is 11.8 Å². The third-order valence-electron chi connectivity index (χ3n) is 4.65. The first kappa shape index (κ1) is 20.2. The Kier molecular flexibility index (Phi) is 6.24. The number of amides is 1. The number of H-pyrrole nitrogens is 1. The molecule has 28 heavy (non-hydrogen) atoms. The number of nitrogens with zero attached hydrogens (tertiary/aromatic N) is 3. The number of fused-ring (bicyclic) bond motifs is 1. The monoisotopic (exact) mass is 398 g/mol. The van der Waals surface area contributed by atoms with E-state index in [4.69, 9.17) is 0 Å². The SMILES string of the molecule is CCCCN(C)C(=O)CSc1nc2cc(C)[nH]c2c(=O)n1-c1ccc(C)cc1. The van der Waals surface area contributed by atoms with Crippen LogP contribution in [0, 0.1) is 13.8 Å². The third-order valence-corrected chi connectivity index (χ3v) is 5.57. The highest BCUT2D eigenvalue weighted by atomic mass is 32.2. The molecular formula is C21H26N4O2S. The topological polar surface area (TPSA) is 71.0 Å². The first-order chi connectivity index (χ1) is 13.4. The van der Waals surface area contributed by atoms with E-state index in [-0.39, 0.29) is 17.2 Å². The molecule has 1 N–H and O–H groups in total. The summed E-state index contributed by atoms with van der Waals surface area (Å²) >= 11 is 1.30. The molecule has 0 aliphatic heterocycles. The number of unbranched alkanes of at least 4 members (excludes halogenated alkanes) is 1. The van der Waals surface area contributed by atoms with Gasteiger partial charge in [0.25, 0.3) is 5.56 Å². The molecule has 0 aliphatic carbocycles. The molecule has 0 unspecified atom stereocenters. The van der Waals surface area contributed by atoms with Gasteiger partial charge in [-0.05, 0) is 38.5 Å². The zero-order valence-electron chi connectivity index (χ0n) is 16.8. The van der Waals surface area contributed by atoms with E-state index in [1.165, 1.54) is 11.8 Å². The summed E-state index contributed by atoms with van der Waals surface area (Å²) in [6.07, 6.45) is 2.02. The normalized spacial score (nSPS) is 11.1. The van der Waals surface area contributed by atoms with Crippen LogP contribution in [0.4, 0.5) is 0 Å². The second kappa shape index (κ2) is 8.65. The van der Waals surface area contributed by atoms with Gasteiger partial charge < -0.3 is 9.88 Å². The standard InChI is InChI=1S/C21H26N4O2S/c1-5-6-11-24(4)18(26)13-28-21-23-17-12-15(3)22-19(17)20(27)25(21)16-9-7-14(2)8-10-16/h7-10,12,22H,5-6,11,13H2,1-4H3. The summed E-state index contributed by atoms with van der Waals surface area (Å²) in [6.45, 7) is 6.74. The molecule has 148 valence electrons. The number of aryl methyl sites for hydroxylation is 2. The summed E-state index contributed by atoms with van der Waals surface area (Å²) in [5.74, 6) is 0.279. The molecule has 2 aromatic heterocycles. The van der Waals surface area contributed by atoms with Crippen molar-refractivity contribution >= 4 is 28.7 Å². The van der Waals surface area contributed by atoms with Crippen molar-refractivity contribution in [2.24, 2.45) is 0 Å². The second-order valence-electron chi connectivity index (χ2n) is 7.04. The van der Waals surface area contributed by atoms with E-state index in [0.29, 0.717) is 16.2 Å². The summed E-state index contributed by atoms with van der Waals surface area (Å²) in [4.78, 5) is 35.1. The van der Waals surface area contributed by atoms with Crippen LogP contribution in [-0.4, -0.2) is 44.7 Å². The minimum absolute atomic E-state index is 0.0356. The van der Waals surface area contributed by atoms with Crippen LogP contribution in [0.5, 0.6) is 0 Å². The Bertz CT molecular complexity index is 1040. The van der Waals surface area contributed by atoms with Crippen molar-refractivity contribution in [2.75, 3.05) is 19.3 Å². The Hall–Kier alpha value is -2.54. The minimum atomic E-state index is -0.156. The predicted octanol–water partition coefficient (Wildman–Crippen LogP) is 3.68. The molecule has 0 radical (unpaired) electrons. The number of thioether (sulfide) groups is 1. The van der Waals surface area contributed by atoms with Crippen LogP contribution in [0.25, 0.3) is 16.7 Å². The highest BCUT2D eigenvalue weighted by Gasteiger charge is 2.17. The molecule has 3 aromatic rings. The zero-order chi connectivity index (χ0) is 20.3.